The molecular formula is C31H41NO3. The number of unbranched alkanes of at least 4 members (excludes halogenated alkanes) is 1. The summed E-state index contributed by atoms with van der Waals surface area (Å²) in [6.07, 6.45) is 9.76. The molecule has 0 aliphatic heterocycles. The summed E-state index contributed by atoms with van der Waals surface area (Å²) >= 11 is 0. The van der Waals surface area contributed by atoms with Gasteiger partial charge in [0.2, 0.25) is 5.91 Å². The molecule has 1 amide bonds. The van der Waals surface area contributed by atoms with Crippen LogP contribution in [-0.4, -0.2) is 28.8 Å². The summed E-state index contributed by atoms with van der Waals surface area (Å²) in [5.41, 5.74) is 4.03. The first-order chi connectivity index (χ1) is 17.0. The molecule has 0 aromatic heterocycles. The van der Waals surface area contributed by atoms with Crippen LogP contribution in [0.2, 0.25) is 0 Å². The zero-order valence-electron chi connectivity index (χ0n) is 21.1. The van der Waals surface area contributed by atoms with Gasteiger partial charge in [0, 0.05) is 13.0 Å². The second-order valence-electron chi connectivity index (χ2n) is 11.6. The number of rotatable bonds is 8. The van der Waals surface area contributed by atoms with E-state index in [1.54, 1.807) is 0 Å². The van der Waals surface area contributed by atoms with Crippen molar-refractivity contribution in [2.45, 2.75) is 83.2 Å². The van der Waals surface area contributed by atoms with Gasteiger partial charge in [-0.3, -0.25) is 4.79 Å². The number of aliphatic hydroxyl groups is 1. The van der Waals surface area contributed by atoms with Crippen LogP contribution in [0.3, 0.4) is 0 Å². The molecule has 4 heteroatoms. The number of aliphatic hydroxyl groups excluding tert-OH is 1. The number of carbonyl (C=O) groups excluding carboxylic acids is 1. The van der Waals surface area contributed by atoms with Gasteiger partial charge >= 0.3 is 0 Å². The highest BCUT2D eigenvalue weighted by Crippen LogP contribution is 2.62. The van der Waals surface area contributed by atoms with Crippen molar-refractivity contribution in [1.29, 1.82) is 0 Å². The van der Waals surface area contributed by atoms with Gasteiger partial charge in [0.05, 0.1) is 6.10 Å². The zero-order chi connectivity index (χ0) is 24.4. The lowest BCUT2D eigenvalue weighted by Crippen LogP contribution is -2.47. The van der Waals surface area contributed by atoms with Crippen LogP contribution in [0.15, 0.2) is 48.5 Å². The molecule has 4 nitrogen and oxygen atoms in total. The fourth-order valence-electron chi connectivity index (χ4n) is 7.78. The number of aryl methyl sites for hydroxylation is 1. The Morgan fingerprint density at radius 2 is 1.91 bits per heavy atom. The molecule has 6 atom stereocenters. The van der Waals surface area contributed by atoms with E-state index in [1.165, 1.54) is 16.7 Å². The van der Waals surface area contributed by atoms with Crippen LogP contribution >= 0.6 is 0 Å². The number of hydrogen-bond acceptors (Lipinski definition) is 3. The average Bonchev–Trinajstić information content (AvgIpc) is 3.17. The van der Waals surface area contributed by atoms with Crippen LogP contribution in [0.4, 0.5) is 0 Å². The third kappa shape index (κ3) is 5.00. The van der Waals surface area contributed by atoms with E-state index >= 15 is 0 Å². The van der Waals surface area contributed by atoms with Crippen molar-refractivity contribution in [1.82, 2.24) is 5.32 Å². The fourth-order valence-corrected chi connectivity index (χ4v) is 7.78. The van der Waals surface area contributed by atoms with E-state index < -0.39 is 0 Å². The number of fused-ring (bicyclic) bond motifs is 5. The largest absolute Gasteiger partial charge is 0.508 e. The maximum Gasteiger partial charge on any atom is 0.220 e. The van der Waals surface area contributed by atoms with E-state index in [2.05, 4.69) is 30.4 Å². The van der Waals surface area contributed by atoms with Gasteiger partial charge in [0.25, 0.3) is 0 Å². The standard InChI is InChI=1S/C31H41NO3/c1-31-17-16-26-25-12-11-24(33)20-23(25)19-22(30(26)27(31)13-14-28(31)34)9-5-6-18-32-29(35)15-10-21-7-3-2-4-8-21/h2-4,7-8,11-12,20,22,26-28,30,33-34H,5-6,9-10,13-19H2,1H3,(H,32,35)/t22-,26?,27?,28+,30?,31+/m1/s1. The summed E-state index contributed by atoms with van der Waals surface area (Å²) in [5, 5.41) is 24.1. The Balaban J connectivity index is 1.18. The van der Waals surface area contributed by atoms with Gasteiger partial charge in [-0.15, -0.1) is 0 Å². The molecule has 188 valence electrons. The van der Waals surface area contributed by atoms with E-state index in [-0.39, 0.29) is 17.4 Å². The molecule has 35 heavy (non-hydrogen) atoms. The lowest BCUT2D eigenvalue weighted by atomic mass is 9.52. The van der Waals surface area contributed by atoms with Gasteiger partial charge in [0.1, 0.15) is 5.75 Å². The van der Waals surface area contributed by atoms with Crippen LogP contribution in [0.1, 0.15) is 80.9 Å². The summed E-state index contributed by atoms with van der Waals surface area (Å²) < 4.78 is 0. The Morgan fingerprint density at radius 3 is 2.74 bits per heavy atom. The Morgan fingerprint density at radius 1 is 1.09 bits per heavy atom. The number of benzene rings is 2. The summed E-state index contributed by atoms with van der Waals surface area (Å²) in [6, 6.07) is 16.2. The van der Waals surface area contributed by atoms with Gasteiger partial charge in [-0.05, 0) is 109 Å². The number of carbonyl (C=O) groups is 1. The third-order valence-electron chi connectivity index (χ3n) is 9.64. The highest BCUT2D eigenvalue weighted by Gasteiger charge is 2.56. The zero-order valence-corrected chi connectivity index (χ0v) is 21.1. The number of phenols is 1. The molecule has 3 N–H and O–H groups in total. The number of hydrogen-bond donors (Lipinski definition) is 3. The Labute approximate surface area is 210 Å². The van der Waals surface area contributed by atoms with Gasteiger partial charge < -0.3 is 15.5 Å². The number of nitrogens with one attached hydrogen (secondary N) is 1. The summed E-state index contributed by atoms with van der Waals surface area (Å²) in [4.78, 5) is 12.3. The predicted molar refractivity (Wildman–Crippen MR) is 139 cm³/mol. The van der Waals surface area contributed by atoms with Crippen molar-refractivity contribution in [2.75, 3.05) is 6.54 Å². The highest BCUT2D eigenvalue weighted by atomic mass is 16.3. The molecule has 2 aromatic rings. The van der Waals surface area contributed by atoms with Crippen LogP contribution in [0, 0.1) is 23.2 Å². The fraction of sp³-hybridized carbons (Fsp3) is 0.581. The lowest BCUT2D eigenvalue weighted by molar-refractivity contribution is -0.121. The number of phenolic OH excluding ortho intramolecular Hbond substituents is 1. The van der Waals surface area contributed by atoms with Crippen molar-refractivity contribution < 1.29 is 15.0 Å². The lowest BCUT2D eigenvalue weighted by Gasteiger charge is -2.53. The highest BCUT2D eigenvalue weighted by molar-refractivity contribution is 5.76. The van der Waals surface area contributed by atoms with E-state index in [1.807, 2.05) is 30.3 Å². The summed E-state index contributed by atoms with van der Waals surface area (Å²) in [7, 11) is 0. The molecule has 2 saturated carbocycles. The van der Waals surface area contributed by atoms with E-state index in [0.717, 1.165) is 64.3 Å². The molecular weight excluding hydrogens is 434 g/mol. The van der Waals surface area contributed by atoms with Gasteiger partial charge in [-0.2, -0.15) is 0 Å². The molecule has 0 radical (unpaired) electrons. The molecule has 2 aromatic carbocycles. The number of aromatic hydroxyl groups is 1. The molecule has 0 spiro atoms. The first kappa shape index (κ1) is 24.4. The monoisotopic (exact) mass is 475 g/mol. The van der Waals surface area contributed by atoms with Crippen molar-refractivity contribution in [3.8, 4) is 5.75 Å². The molecule has 3 aliphatic rings. The van der Waals surface area contributed by atoms with Gasteiger partial charge in [0.15, 0.2) is 0 Å². The van der Waals surface area contributed by atoms with Crippen molar-refractivity contribution >= 4 is 5.91 Å². The van der Waals surface area contributed by atoms with Crippen LogP contribution in [0.5, 0.6) is 5.75 Å². The normalized spacial score (nSPS) is 31.3. The number of amides is 1. The Kier molecular flexibility index (Phi) is 7.20. The van der Waals surface area contributed by atoms with Crippen LogP contribution in [-0.2, 0) is 17.6 Å². The maximum atomic E-state index is 12.3. The Hall–Kier alpha value is -2.33. The minimum atomic E-state index is -0.165. The van der Waals surface area contributed by atoms with Crippen LogP contribution in [0.25, 0.3) is 0 Å². The predicted octanol–water partition coefficient (Wildman–Crippen LogP) is 5.75. The smallest absolute Gasteiger partial charge is 0.220 e. The van der Waals surface area contributed by atoms with E-state index in [9.17, 15) is 15.0 Å². The van der Waals surface area contributed by atoms with Gasteiger partial charge in [-0.25, -0.2) is 0 Å². The first-order valence-electron chi connectivity index (χ1n) is 13.8. The molecule has 0 heterocycles. The van der Waals surface area contributed by atoms with Crippen molar-refractivity contribution in [3.05, 3.63) is 65.2 Å². The van der Waals surface area contributed by atoms with E-state index in [4.69, 9.17) is 0 Å². The van der Waals surface area contributed by atoms with E-state index in [0.29, 0.717) is 35.8 Å². The Bertz CT molecular complexity index is 1020. The molecule has 0 saturated heterocycles. The van der Waals surface area contributed by atoms with Crippen molar-refractivity contribution in [2.24, 2.45) is 23.2 Å². The summed E-state index contributed by atoms with van der Waals surface area (Å²) in [6.45, 7) is 3.07. The quantitative estimate of drug-likeness (QED) is 0.426. The second kappa shape index (κ2) is 10.3. The molecule has 3 aliphatic carbocycles. The minimum absolute atomic E-state index is 0.0561. The second-order valence-corrected chi connectivity index (χ2v) is 11.6. The molecule has 5 rings (SSSR count). The van der Waals surface area contributed by atoms with Crippen molar-refractivity contribution in [3.63, 3.8) is 0 Å². The third-order valence-corrected chi connectivity index (χ3v) is 9.64. The molecule has 0 bridgehead atoms. The average molecular weight is 476 g/mol. The summed E-state index contributed by atoms with van der Waals surface area (Å²) in [5.74, 6) is 2.84. The molecule has 2 fully saturated rings. The minimum Gasteiger partial charge on any atom is -0.508 e. The SMILES string of the molecule is C[C@]12CCC3c4ccc(O)cc4C[C@@H](CCCCNC(=O)CCc4ccccc4)C3C1CC[C@@H]2O. The topological polar surface area (TPSA) is 69.6 Å². The molecule has 3 unspecified atom stereocenters. The maximum absolute atomic E-state index is 12.3. The van der Waals surface area contributed by atoms with Gasteiger partial charge in [-0.1, -0.05) is 49.7 Å². The van der Waals surface area contributed by atoms with Crippen LogP contribution < -0.4 is 5.32 Å². The first-order valence-corrected chi connectivity index (χ1v) is 13.8.